The van der Waals surface area contributed by atoms with Gasteiger partial charge < -0.3 is 20.5 Å². The van der Waals surface area contributed by atoms with E-state index in [0.29, 0.717) is 23.7 Å². The van der Waals surface area contributed by atoms with Crippen molar-refractivity contribution in [2.24, 2.45) is 0 Å². The Balaban J connectivity index is 2.01. The molecule has 112 valence electrons. The Morgan fingerprint density at radius 1 is 1.05 bits per heavy atom. The second-order valence-corrected chi connectivity index (χ2v) is 4.60. The highest BCUT2D eigenvalue weighted by Gasteiger charge is 2.08. The van der Waals surface area contributed by atoms with Gasteiger partial charge in [0.25, 0.3) is 0 Å². The van der Waals surface area contributed by atoms with E-state index in [1.807, 2.05) is 0 Å². The molecule has 2 aromatic carbocycles. The number of nitrogens with one attached hydrogen (secondary N) is 1. The zero-order valence-corrected chi connectivity index (χ0v) is 12.2. The average molecular weight is 290 g/mol. The van der Waals surface area contributed by atoms with E-state index in [-0.39, 0.29) is 5.82 Å². The Kier molecular flexibility index (Phi) is 4.87. The van der Waals surface area contributed by atoms with Gasteiger partial charge in [-0.3, -0.25) is 0 Å². The Morgan fingerprint density at radius 2 is 1.67 bits per heavy atom. The van der Waals surface area contributed by atoms with Crippen LogP contribution in [0, 0.1) is 5.82 Å². The van der Waals surface area contributed by atoms with Crippen molar-refractivity contribution in [3.63, 3.8) is 0 Å². The number of anilines is 2. The lowest BCUT2D eigenvalue weighted by atomic mass is 10.1. The molecular formula is C16H19FN2O2. The van der Waals surface area contributed by atoms with Crippen LogP contribution in [0.4, 0.5) is 15.8 Å². The largest absolute Gasteiger partial charge is 0.493 e. The molecule has 5 heteroatoms. The Bertz CT molecular complexity index is 600. The number of halogens is 1. The van der Waals surface area contributed by atoms with E-state index in [4.69, 9.17) is 15.2 Å². The van der Waals surface area contributed by atoms with E-state index >= 15 is 0 Å². The maximum Gasteiger partial charge on any atom is 0.162 e. The van der Waals surface area contributed by atoms with Crippen molar-refractivity contribution in [3.05, 3.63) is 47.8 Å². The molecule has 0 heterocycles. The number of rotatable bonds is 6. The Hall–Kier alpha value is -2.43. The van der Waals surface area contributed by atoms with Crippen molar-refractivity contribution in [2.75, 3.05) is 31.8 Å². The van der Waals surface area contributed by atoms with Crippen LogP contribution in [0.15, 0.2) is 36.4 Å². The minimum absolute atomic E-state index is 0.226. The normalized spacial score (nSPS) is 10.2. The van der Waals surface area contributed by atoms with Gasteiger partial charge in [-0.2, -0.15) is 0 Å². The van der Waals surface area contributed by atoms with Gasteiger partial charge in [0.05, 0.1) is 25.6 Å². The maximum absolute atomic E-state index is 12.8. The van der Waals surface area contributed by atoms with Crippen molar-refractivity contribution >= 4 is 11.4 Å². The van der Waals surface area contributed by atoms with E-state index in [1.54, 1.807) is 38.5 Å². The van der Waals surface area contributed by atoms with Gasteiger partial charge in [-0.1, -0.05) is 12.1 Å². The molecule has 0 bridgehead atoms. The monoisotopic (exact) mass is 290 g/mol. The van der Waals surface area contributed by atoms with Crippen molar-refractivity contribution in [3.8, 4) is 11.5 Å². The highest BCUT2D eigenvalue weighted by atomic mass is 19.1. The van der Waals surface area contributed by atoms with Gasteiger partial charge in [-0.15, -0.1) is 0 Å². The molecule has 2 rings (SSSR count). The maximum atomic E-state index is 12.8. The predicted octanol–water partition coefficient (Wildman–Crippen LogP) is 3.08. The lowest BCUT2D eigenvalue weighted by molar-refractivity contribution is 0.355. The van der Waals surface area contributed by atoms with E-state index in [9.17, 15) is 4.39 Å². The zero-order valence-electron chi connectivity index (χ0n) is 12.2. The topological polar surface area (TPSA) is 56.5 Å². The third kappa shape index (κ3) is 3.78. The SMILES string of the molecule is COc1cc(N)c(NCCc2ccc(F)cc2)cc1OC. The molecule has 4 nitrogen and oxygen atoms in total. The summed E-state index contributed by atoms with van der Waals surface area (Å²) in [7, 11) is 3.15. The molecule has 0 atom stereocenters. The van der Waals surface area contributed by atoms with Crippen LogP contribution in [0.3, 0.4) is 0 Å². The van der Waals surface area contributed by atoms with Crippen LogP contribution in [0.1, 0.15) is 5.56 Å². The number of methoxy groups -OCH3 is 2. The molecule has 2 aromatic rings. The molecule has 0 amide bonds. The first kappa shape index (κ1) is 15.0. The molecule has 0 saturated carbocycles. The number of hydrogen-bond donors (Lipinski definition) is 2. The summed E-state index contributed by atoms with van der Waals surface area (Å²) in [5, 5.41) is 3.25. The molecular weight excluding hydrogens is 271 g/mol. The number of nitrogens with two attached hydrogens (primary N) is 1. The van der Waals surface area contributed by atoms with Crippen LogP contribution in [0.5, 0.6) is 11.5 Å². The number of ether oxygens (including phenoxy) is 2. The fraction of sp³-hybridized carbons (Fsp3) is 0.250. The second kappa shape index (κ2) is 6.83. The lowest BCUT2D eigenvalue weighted by Gasteiger charge is -2.14. The molecule has 0 aliphatic rings. The summed E-state index contributed by atoms with van der Waals surface area (Å²) in [4.78, 5) is 0. The standard InChI is InChI=1S/C16H19FN2O2/c1-20-15-9-13(18)14(10-16(15)21-2)19-8-7-11-3-5-12(17)6-4-11/h3-6,9-10,19H,7-8,18H2,1-2H3. The van der Waals surface area contributed by atoms with Gasteiger partial charge in [0.1, 0.15) is 5.82 Å². The summed E-state index contributed by atoms with van der Waals surface area (Å²) in [6.07, 6.45) is 0.772. The minimum Gasteiger partial charge on any atom is -0.493 e. The summed E-state index contributed by atoms with van der Waals surface area (Å²) in [6.45, 7) is 0.686. The van der Waals surface area contributed by atoms with Crippen LogP contribution >= 0.6 is 0 Å². The van der Waals surface area contributed by atoms with Gasteiger partial charge in [0.15, 0.2) is 11.5 Å². The van der Waals surface area contributed by atoms with Gasteiger partial charge in [-0.25, -0.2) is 4.39 Å². The molecule has 0 aliphatic heterocycles. The summed E-state index contributed by atoms with van der Waals surface area (Å²) < 4.78 is 23.3. The summed E-state index contributed by atoms with van der Waals surface area (Å²) in [5.41, 5.74) is 8.41. The van der Waals surface area contributed by atoms with E-state index in [2.05, 4.69) is 5.32 Å². The second-order valence-electron chi connectivity index (χ2n) is 4.60. The number of benzene rings is 2. The number of hydrogen-bond acceptors (Lipinski definition) is 4. The van der Waals surface area contributed by atoms with Gasteiger partial charge in [0.2, 0.25) is 0 Å². The highest BCUT2D eigenvalue weighted by molar-refractivity contribution is 5.72. The predicted molar refractivity (Wildman–Crippen MR) is 82.6 cm³/mol. The molecule has 0 saturated heterocycles. The Morgan fingerprint density at radius 3 is 2.29 bits per heavy atom. The number of nitrogen functional groups attached to an aromatic ring is 1. The van der Waals surface area contributed by atoms with Crippen molar-refractivity contribution in [2.45, 2.75) is 6.42 Å². The van der Waals surface area contributed by atoms with Crippen LogP contribution in [0.2, 0.25) is 0 Å². The van der Waals surface area contributed by atoms with E-state index in [0.717, 1.165) is 17.7 Å². The van der Waals surface area contributed by atoms with Crippen molar-refractivity contribution < 1.29 is 13.9 Å². The average Bonchev–Trinajstić information content (AvgIpc) is 2.50. The first-order valence-corrected chi connectivity index (χ1v) is 6.64. The molecule has 21 heavy (non-hydrogen) atoms. The summed E-state index contributed by atoms with van der Waals surface area (Å²) in [6, 6.07) is 9.99. The molecule has 0 unspecified atom stereocenters. The zero-order chi connectivity index (χ0) is 15.2. The fourth-order valence-corrected chi connectivity index (χ4v) is 2.04. The first-order chi connectivity index (χ1) is 10.1. The molecule has 0 fully saturated rings. The van der Waals surface area contributed by atoms with Gasteiger partial charge in [-0.05, 0) is 24.1 Å². The molecule has 0 aliphatic carbocycles. The smallest absolute Gasteiger partial charge is 0.162 e. The van der Waals surface area contributed by atoms with E-state index < -0.39 is 0 Å². The molecule has 0 aromatic heterocycles. The quantitative estimate of drug-likeness (QED) is 0.803. The third-order valence-electron chi connectivity index (χ3n) is 3.20. The third-order valence-corrected chi connectivity index (χ3v) is 3.20. The van der Waals surface area contributed by atoms with Crippen molar-refractivity contribution in [1.82, 2.24) is 0 Å². The van der Waals surface area contributed by atoms with Crippen LogP contribution in [-0.2, 0) is 6.42 Å². The van der Waals surface area contributed by atoms with Crippen LogP contribution in [0.25, 0.3) is 0 Å². The highest BCUT2D eigenvalue weighted by Crippen LogP contribution is 2.34. The first-order valence-electron chi connectivity index (χ1n) is 6.64. The molecule has 0 radical (unpaired) electrons. The van der Waals surface area contributed by atoms with Crippen LogP contribution in [-0.4, -0.2) is 20.8 Å². The molecule has 0 spiro atoms. The van der Waals surface area contributed by atoms with Crippen LogP contribution < -0.4 is 20.5 Å². The summed E-state index contributed by atoms with van der Waals surface area (Å²) >= 11 is 0. The van der Waals surface area contributed by atoms with Crippen molar-refractivity contribution in [1.29, 1.82) is 0 Å². The lowest BCUT2D eigenvalue weighted by Crippen LogP contribution is -2.07. The van der Waals surface area contributed by atoms with Gasteiger partial charge >= 0.3 is 0 Å². The Labute approximate surface area is 123 Å². The minimum atomic E-state index is -0.226. The summed E-state index contributed by atoms with van der Waals surface area (Å²) in [5.74, 6) is 0.992. The van der Waals surface area contributed by atoms with Gasteiger partial charge in [0, 0.05) is 18.7 Å². The molecule has 3 N–H and O–H groups in total. The fourth-order valence-electron chi connectivity index (χ4n) is 2.04. The van der Waals surface area contributed by atoms with E-state index in [1.165, 1.54) is 12.1 Å².